The number of carbonyl (C=O) groups excluding carboxylic acids is 1. The third-order valence-electron chi connectivity index (χ3n) is 3.20. The van der Waals surface area contributed by atoms with E-state index < -0.39 is 5.91 Å². The first-order chi connectivity index (χ1) is 12.0. The van der Waals surface area contributed by atoms with Gasteiger partial charge >= 0.3 is 0 Å². The SMILES string of the molecule is Cn1nc(C(=O)Nc2ccc(Oc3cccc(Cl)c3)cn2)ccc1=O. The third-order valence-corrected chi connectivity index (χ3v) is 3.44. The Bertz CT molecular complexity index is 970. The standard InChI is InChI=1S/C17H13ClN4O3/c1-22-16(23)8-6-14(21-22)17(24)20-15-7-5-13(10-19-15)25-12-4-2-3-11(18)9-12/h2-10H,1H3,(H,19,20,24). The van der Waals surface area contributed by atoms with Crippen LogP contribution in [0.15, 0.2) is 59.5 Å². The summed E-state index contributed by atoms with van der Waals surface area (Å²) in [6, 6.07) is 12.9. The highest BCUT2D eigenvalue weighted by molar-refractivity contribution is 6.30. The Balaban J connectivity index is 1.68. The summed E-state index contributed by atoms with van der Waals surface area (Å²) in [5.41, 5.74) is -0.180. The molecule has 8 heteroatoms. The molecule has 1 N–H and O–H groups in total. The second-order valence-electron chi connectivity index (χ2n) is 5.07. The molecule has 1 amide bonds. The van der Waals surface area contributed by atoms with Gasteiger partial charge in [0.1, 0.15) is 23.0 Å². The Hall–Kier alpha value is -3.19. The van der Waals surface area contributed by atoms with Gasteiger partial charge in [0, 0.05) is 18.1 Å². The van der Waals surface area contributed by atoms with Crippen molar-refractivity contribution < 1.29 is 9.53 Å². The first-order valence-corrected chi connectivity index (χ1v) is 7.64. The number of aryl methyl sites for hydroxylation is 1. The molecule has 2 heterocycles. The molecule has 0 atom stereocenters. The molecule has 0 bridgehead atoms. The number of hydrogen-bond acceptors (Lipinski definition) is 5. The summed E-state index contributed by atoms with van der Waals surface area (Å²) in [5.74, 6) is 0.951. The molecule has 0 saturated heterocycles. The van der Waals surface area contributed by atoms with E-state index in [1.54, 1.807) is 36.4 Å². The summed E-state index contributed by atoms with van der Waals surface area (Å²) in [4.78, 5) is 27.5. The molecule has 25 heavy (non-hydrogen) atoms. The highest BCUT2D eigenvalue weighted by Gasteiger charge is 2.10. The Kier molecular flexibility index (Phi) is 4.76. The van der Waals surface area contributed by atoms with Gasteiger partial charge < -0.3 is 10.1 Å². The Morgan fingerprint density at radius 1 is 1.16 bits per heavy atom. The number of halogens is 1. The highest BCUT2D eigenvalue weighted by atomic mass is 35.5. The monoisotopic (exact) mass is 356 g/mol. The van der Waals surface area contributed by atoms with E-state index >= 15 is 0 Å². The molecule has 0 aliphatic heterocycles. The molecule has 0 fully saturated rings. The van der Waals surface area contributed by atoms with Gasteiger partial charge in [0.15, 0.2) is 0 Å². The van der Waals surface area contributed by atoms with Crippen LogP contribution in [0.4, 0.5) is 5.82 Å². The fourth-order valence-electron chi connectivity index (χ4n) is 1.98. The highest BCUT2D eigenvalue weighted by Crippen LogP contribution is 2.24. The number of carbonyl (C=O) groups is 1. The van der Waals surface area contributed by atoms with Gasteiger partial charge in [-0.1, -0.05) is 17.7 Å². The number of anilines is 1. The van der Waals surface area contributed by atoms with Crippen LogP contribution >= 0.6 is 11.6 Å². The average Bonchev–Trinajstić information content (AvgIpc) is 2.59. The number of benzene rings is 1. The van der Waals surface area contributed by atoms with Gasteiger partial charge in [0.05, 0.1) is 6.20 Å². The average molecular weight is 357 g/mol. The topological polar surface area (TPSA) is 86.1 Å². The van der Waals surface area contributed by atoms with Crippen LogP contribution in [-0.2, 0) is 7.05 Å². The van der Waals surface area contributed by atoms with E-state index in [2.05, 4.69) is 15.4 Å². The van der Waals surface area contributed by atoms with Crippen LogP contribution in [0.5, 0.6) is 11.5 Å². The largest absolute Gasteiger partial charge is 0.456 e. The normalized spacial score (nSPS) is 10.3. The summed E-state index contributed by atoms with van der Waals surface area (Å²) in [7, 11) is 1.47. The first-order valence-electron chi connectivity index (χ1n) is 7.26. The number of nitrogens with one attached hydrogen (secondary N) is 1. The van der Waals surface area contributed by atoms with Gasteiger partial charge in [-0.15, -0.1) is 0 Å². The smallest absolute Gasteiger partial charge is 0.277 e. The lowest BCUT2D eigenvalue weighted by Crippen LogP contribution is -2.23. The lowest BCUT2D eigenvalue weighted by atomic mass is 10.3. The molecule has 1 aromatic carbocycles. The molecule has 126 valence electrons. The van der Waals surface area contributed by atoms with Crippen molar-refractivity contribution in [2.24, 2.45) is 7.05 Å². The van der Waals surface area contributed by atoms with E-state index in [1.807, 2.05) is 0 Å². The lowest BCUT2D eigenvalue weighted by Gasteiger charge is -2.07. The van der Waals surface area contributed by atoms with E-state index in [1.165, 1.54) is 25.4 Å². The van der Waals surface area contributed by atoms with Crippen LogP contribution in [0.2, 0.25) is 5.02 Å². The number of amides is 1. The zero-order valence-corrected chi connectivity index (χ0v) is 13.9. The van der Waals surface area contributed by atoms with Crippen LogP contribution in [0.25, 0.3) is 0 Å². The summed E-state index contributed by atoms with van der Waals surface area (Å²) in [5, 5.41) is 7.05. The number of hydrogen-bond donors (Lipinski definition) is 1. The molecular formula is C17H13ClN4O3. The van der Waals surface area contributed by atoms with Crippen LogP contribution in [0.3, 0.4) is 0 Å². The van der Waals surface area contributed by atoms with Crippen LogP contribution in [0.1, 0.15) is 10.5 Å². The van der Waals surface area contributed by atoms with Crippen molar-refractivity contribution in [1.29, 1.82) is 0 Å². The second-order valence-corrected chi connectivity index (χ2v) is 5.51. The van der Waals surface area contributed by atoms with E-state index in [0.29, 0.717) is 22.3 Å². The molecule has 0 spiro atoms. The summed E-state index contributed by atoms with van der Waals surface area (Å²) >= 11 is 5.90. The molecule has 3 aromatic rings. The van der Waals surface area contributed by atoms with Gasteiger partial charge in [-0.2, -0.15) is 5.10 Å². The van der Waals surface area contributed by atoms with Gasteiger partial charge in [-0.3, -0.25) is 9.59 Å². The number of aromatic nitrogens is 3. The number of rotatable bonds is 4. The number of nitrogens with zero attached hydrogens (tertiary/aromatic N) is 3. The molecule has 0 unspecified atom stereocenters. The summed E-state index contributed by atoms with van der Waals surface area (Å²) in [6.45, 7) is 0. The van der Waals surface area contributed by atoms with Crippen molar-refractivity contribution in [1.82, 2.24) is 14.8 Å². The molecule has 0 aliphatic carbocycles. The van der Waals surface area contributed by atoms with Crippen molar-refractivity contribution in [3.8, 4) is 11.5 Å². The summed E-state index contributed by atoms with van der Waals surface area (Å²) < 4.78 is 6.71. The fraction of sp³-hybridized carbons (Fsp3) is 0.0588. The van der Waals surface area contributed by atoms with Crippen LogP contribution < -0.4 is 15.6 Å². The molecule has 0 aliphatic rings. The van der Waals surface area contributed by atoms with Crippen molar-refractivity contribution in [3.05, 3.63) is 75.8 Å². The molecular weight excluding hydrogens is 344 g/mol. The van der Waals surface area contributed by atoms with Gasteiger partial charge in [0.25, 0.3) is 11.5 Å². The van der Waals surface area contributed by atoms with Gasteiger partial charge in [0.2, 0.25) is 0 Å². The molecule has 0 radical (unpaired) electrons. The van der Waals surface area contributed by atoms with E-state index in [-0.39, 0.29) is 11.3 Å². The third kappa shape index (κ3) is 4.21. The predicted molar refractivity (Wildman–Crippen MR) is 93.2 cm³/mol. The van der Waals surface area contributed by atoms with Crippen molar-refractivity contribution in [3.63, 3.8) is 0 Å². The second kappa shape index (κ2) is 7.14. The van der Waals surface area contributed by atoms with E-state index in [0.717, 1.165) is 4.68 Å². The van der Waals surface area contributed by atoms with E-state index in [4.69, 9.17) is 16.3 Å². The molecule has 2 aromatic heterocycles. The minimum Gasteiger partial charge on any atom is -0.456 e. The minimum absolute atomic E-state index is 0.114. The molecule has 0 saturated carbocycles. The van der Waals surface area contributed by atoms with Crippen LogP contribution in [-0.4, -0.2) is 20.7 Å². The zero-order chi connectivity index (χ0) is 17.8. The van der Waals surface area contributed by atoms with E-state index in [9.17, 15) is 9.59 Å². The minimum atomic E-state index is -0.466. The van der Waals surface area contributed by atoms with Gasteiger partial charge in [-0.25, -0.2) is 9.67 Å². The quantitative estimate of drug-likeness (QED) is 0.776. The Labute approximate surface area is 147 Å². The van der Waals surface area contributed by atoms with Crippen molar-refractivity contribution in [2.45, 2.75) is 0 Å². The Morgan fingerprint density at radius 3 is 2.68 bits per heavy atom. The summed E-state index contributed by atoms with van der Waals surface area (Å²) in [6.07, 6.45) is 1.48. The van der Waals surface area contributed by atoms with Crippen molar-refractivity contribution >= 4 is 23.3 Å². The van der Waals surface area contributed by atoms with Crippen LogP contribution in [0, 0.1) is 0 Å². The number of pyridine rings is 1. The molecule has 3 rings (SSSR count). The zero-order valence-electron chi connectivity index (χ0n) is 13.1. The molecule has 7 nitrogen and oxygen atoms in total. The maximum atomic E-state index is 12.1. The maximum absolute atomic E-state index is 12.1. The van der Waals surface area contributed by atoms with Gasteiger partial charge in [-0.05, 0) is 36.4 Å². The number of ether oxygens (including phenoxy) is 1. The van der Waals surface area contributed by atoms with Crippen molar-refractivity contribution in [2.75, 3.05) is 5.32 Å². The maximum Gasteiger partial charge on any atom is 0.277 e. The predicted octanol–water partition coefficient (Wildman–Crippen LogP) is 2.87. The first kappa shape index (κ1) is 16.7. The lowest BCUT2D eigenvalue weighted by molar-refractivity contribution is 0.101. The fourth-order valence-corrected chi connectivity index (χ4v) is 2.17. The Morgan fingerprint density at radius 2 is 2.00 bits per heavy atom.